The van der Waals surface area contributed by atoms with Gasteiger partial charge in [-0.15, -0.1) is 0 Å². The lowest BCUT2D eigenvalue weighted by atomic mass is 9.78. The Morgan fingerprint density at radius 3 is 2.55 bits per heavy atom. The van der Waals surface area contributed by atoms with E-state index in [2.05, 4.69) is 10.3 Å². The zero-order valence-electron chi connectivity index (χ0n) is 10.9. The van der Waals surface area contributed by atoms with Crippen molar-refractivity contribution in [1.82, 2.24) is 10.3 Å². The Balaban J connectivity index is 1.66. The maximum Gasteiger partial charge on any atom is 0.310 e. The lowest BCUT2D eigenvalue weighted by Gasteiger charge is -2.23. The van der Waals surface area contributed by atoms with Crippen LogP contribution in [0.25, 0.3) is 0 Å². The number of carboxylic acids is 1. The summed E-state index contributed by atoms with van der Waals surface area (Å²) in [7, 11) is 0. The average Bonchev–Trinajstić information content (AvgIpc) is 3.06. The molecule has 0 aromatic carbocycles. The number of aromatic nitrogens is 1. The van der Waals surface area contributed by atoms with E-state index in [0.717, 1.165) is 18.4 Å². The van der Waals surface area contributed by atoms with E-state index in [1.807, 2.05) is 12.1 Å². The number of carboxylic acid groups (broad SMARTS) is 1. The highest BCUT2D eigenvalue weighted by Gasteiger charge is 2.55. The first-order valence-electron chi connectivity index (χ1n) is 6.71. The molecular weight excluding hydrogens is 260 g/mol. The molecule has 0 aliphatic carbocycles. The highest BCUT2D eigenvalue weighted by atomic mass is 16.5. The number of hydrogen-bond donors (Lipinski definition) is 2. The molecule has 4 atom stereocenters. The number of pyridine rings is 1. The molecule has 2 bridgehead atoms. The van der Waals surface area contributed by atoms with Gasteiger partial charge in [0.2, 0.25) is 5.91 Å². The third-order valence-electron chi connectivity index (χ3n) is 4.08. The van der Waals surface area contributed by atoms with Gasteiger partial charge in [0.25, 0.3) is 0 Å². The predicted octanol–water partition coefficient (Wildman–Crippen LogP) is 0.576. The lowest BCUT2D eigenvalue weighted by Crippen LogP contribution is -2.43. The summed E-state index contributed by atoms with van der Waals surface area (Å²) in [5, 5.41) is 12.1. The predicted molar refractivity (Wildman–Crippen MR) is 68.6 cm³/mol. The molecule has 6 heteroatoms. The summed E-state index contributed by atoms with van der Waals surface area (Å²) in [4.78, 5) is 27.5. The Kier molecular flexibility index (Phi) is 3.40. The Morgan fingerprint density at radius 1 is 1.25 bits per heavy atom. The molecule has 0 spiro atoms. The molecule has 2 saturated heterocycles. The van der Waals surface area contributed by atoms with Crippen LogP contribution in [0, 0.1) is 11.8 Å². The minimum atomic E-state index is -0.943. The summed E-state index contributed by atoms with van der Waals surface area (Å²) >= 11 is 0. The van der Waals surface area contributed by atoms with Crippen molar-refractivity contribution in [2.75, 3.05) is 0 Å². The van der Waals surface area contributed by atoms with Gasteiger partial charge in [-0.3, -0.25) is 14.6 Å². The quantitative estimate of drug-likeness (QED) is 0.839. The molecule has 0 saturated carbocycles. The molecule has 2 fully saturated rings. The third kappa shape index (κ3) is 2.27. The van der Waals surface area contributed by atoms with Gasteiger partial charge in [-0.2, -0.15) is 0 Å². The molecule has 0 radical (unpaired) electrons. The van der Waals surface area contributed by atoms with E-state index in [1.54, 1.807) is 12.4 Å². The summed E-state index contributed by atoms with van der Waals surface area (Å²) < 4.78 is 5.58. The fraction of sp³-hybridized carbons (Fsp3) is 0.500. The maximum atomic E-state index is 12.3. The van der Waals surface area contributed by atoms with Crippen LogP contribution in [0.1, 0.15) is 18.4 Å². The van der Waals surface area contributed by atoms with E-state index in [0.29, 0.717) is 6.54 Å². The molecule has 0 unspecified atom stereocenters. The minimum absolute atomic E-state index is 0.235. The van der Waals surface area contributed by atoms with Crippen molar-refractivity contribution in [3.05, 3.63) is 30.1 Å². The van der Waals surface area contributed by atoms with Crippen molar-refractivity contribution in [3.8, 4) is 0 Å². The first kappa shape index (κ1) is 13.1. The van der Waals surface area contributed by atoms with E-state index in [9.17, 15) is 14.7 Å². The van der Waals surface area contributed by atoms with Gasteiger partial charge in [-0.1, -0.05) is 0 Å². The van der Waals surface area contributed by atoms with Gasteiger partial charge in [0.15, 0.2) is 0 Å². The molecule has 1 aromatic heterocycles. The number of nitrogens with zero attached hydrogens (tertiary/aromatic N) is 1. The molecule has 3 rings (SSSR count). The standard InChI is InChI=1S/C14H16N2O4/c17-13(16-7-8-3-5-15-6-4-8)11-9-1-2-10(20-9)12(11)14(18)19/h3-6,9-12H,1-2,7H2,(H,16,17)(H,18,19)/t9-,10+,11+,12+/m1/s1. The van der Waals surface area contributed by atoms with E-state index in [4.69, 9.17) is 4.74 Å². The Labute approximate surface area is 116 Å². The number of rotatable bonds is 4. The van der Waals surface area contributed by atoms with Crippen molar-refractivity contribution < 1.29 is 19.4 Å². The van der Waals surface area contributed by atoms with Crippen LogP contribution < -0.4 is 5.32 Å². The van der Waals surface area contributed by atoms with E-state index in [1.165, 1.54) is 0 Å². The first-order valence-corrected chi connectivity index (χ1v) is 6.71. The highest BCUT2D eigenvalue weighted by Crippen LogP contribution is 2.43. The van der Waals surface area contributed by atoms with Crippen LogP contribution in [-0.2, 0) is 20.9 Å². The zero-order valence-corrected chi connectivity index (χ0v) is 10.9. The summed E-state index contributed by atoms with van der Waals surface area (Å²) in [6, 6.07) is 3.62. The van der Waals surface area contributed by atoms with Crippen molar-refractivity contribution in [1.29, 1.82) is 0 Å². The normalized spacial score (nSPS) is 31.2. The molecule has 1 aromatic rings. The van der Waals surface area contributed by atoms with Crippen LogP contribution in [-0.4, -0.2) is 34.2 Å². The molecular formula is C14H16N2O4. The molecule has 6 nitrogen and oxygen atoms in total. The van der Waals surface area contributed by atoms with Crippen molar-refractivity contribution in [3.63, 3.8) is 0 Å². The Hall–Kier alpha value is -1.95. The molecule has 2 N–H and O–H groups in total. The largest absolute Gasteiger partial charge is 0.481 e. The SMILES string of the molecule is O=C(O)[C@@H]1[C@@H](C(=O)NCc2ccncc2)[C@H]2CC[C@@H]1O2. The molecule has 2 aliphatic rings. The summed E-state index contributed by atoms with van der Waals surface area (Å²) in [5.74, 6) is -2.47. The molecule has 20 heavy (non-hydrogen) atoms. The van der Waals surface area contributed by atoms with Crippen molar-refractivity contribution >= 4 is 11.9 Å². The van der Waals surface area contributed by atoms with Gasteiger partial charge in [0, 0.05) is 18.9 Å². The second-order valence-electron chi connectivity index (χ2n) is 5.25. The fourth-order valence-electron chi connectivity index (χ4n) is 3.13. The summed E-state index contributed by atoms with van der Waals surface area (Å²) in [6.07, 6.45) is 4.25. The number of hydrogen-bond acceptors (Lipinski definition) is 4. The average molecular weight is 276 g/mol. The van der Waals surface area contributed by atoms with Crippen molar-refractivity contribution in [2.45, 2.75) is 31.6 Å². The van der Waals surface area contributed by atoms with Crippen LogP contribution >= 0.6 is 0 Å². The minimum Gasteiger partial charge on any atom is -0.481 e. The summed E-state index contributed by atoms with van der Waals surface area (Å²) in [6.45, 7) is 0.377. The number of ether oxygens (including phenoxy) is 1. The number of carbonyl (C=O) groups is 2. The number of aliphatic carboxylic acids is 1. The van der Waals surface area contributed by atoms with Gasteiger partial charge in [-0.05, 0) is 30.5 Å². The van der Waals surface area contributed by atoms with Crippen LogP contribution in [0.4, 0.5) is 0 Å². The molecule has 1 amide bonds. The summed E-state index contributed by atoms with van der Waals surface area (Å²) in [5.41, 5.74) is 0.935. The van der Waals surface area contributed by atoms with E-state index >= 15 is 0 Å². The van der Waals surface area contributed by atoms with Crippen LogP contribution in [0.3, 0.4) is 0 Å². The zero-order chi connectivity index (χ0) is 14.1. The molecule has 106 valence electrons. The van der Waals surface area contributed by atoms with Gasteiger partial charge in [0.05, 0.1) is 24.0 Å². The Morgan fingerprint density at radius 2 is 1.90 bits per heavy atom. The number of nitrogens with one attached hydrogen (secondary N) is 1. The molecule has 2 aliphatic heterocycles. The van der Waals surface area contributed by atoms with Crippen LogP contribution in [0.15, 0.2) is 24.5 Å². The Bertz CT molecular complexity index is 519. The van der Waals surface area contributed by atoms with Gasteiger partial charge >= 0.3 is 5.97 Å². The van der Waals surface area contributed by atoms with E-state index < -0.39 is 17.8 Å². The smallest absolute Gasteiger partial charge is 0.310 e. The molecule has 3 heterocycles. The van der Waals surface area contributed by atoms with Crippen molar-refractivity contribution in [2.24, 2.45) is 11.8 Å². The number of amides is 1. The second-order valence-corrected chi connectivity index (χ2v) is 5.25. The van der Waals surface area contributed by atoms with Gasteiger partial charge < -0.3 is 15.2 Å². The van der Waals surface area contributed by atoms with E-state index in [-0.39, 0.29) is 18.1 Å². The van der Waals surface area contributed by atoms with Crippen LogP contribution in [0.5, 0.6) is 0 Å². The topological polar surface area (TPSA) is 88.5 Å². The van der Waals surface area contributed by atoms with Gasteiger partial charge in [-0.25, -0.2) is 0 Å². The second kappa shape index (κ2) is 5.20. The lowest BCUT2D eigenvalue weighted by molar-refractivity contribution is -0.147. The van der Waals surface area contributed by atoms with Crippen LogP contribution in [0.2, 0.25) is 0 Å². The van der Waals surface area contributed by atoms with Gasteiger partial charge in [0.1, 0.15) is 0 Å². The monoisotopic (exact) mass is 276 g/mol. The maximum absolute atomic E-state index is 12.3. The first-order chi connectivity index (χ1) is 9.66. The highest BCUT2D eigenvalue weighted by molar-refractivity contribution is 5.86. The third-order valence-corrected chi connectivity index (χ3v) is 4.08. The number of carbonyl (C=O) groups excluding carboxylic acids is 1. The number of fused-ring (bicyclic) bond motifs is 2. The fourth-order valence-corrected chi connectivity index (χ4v) is 3.13.